The summed E-state index contributed by atoms with van der Waals surface area (Å²) in [4.78, 5) is 8.11. The van der Waals surface area contributed by atoms with Gasteiger partial charge < -0.3 is 4.90 Å². The predicted molar refractivity (Wildman–Crippen MR) is 93.0 cm³/mol. The molecule has 0 atom stereocenters. The van der Waals surface area contributed by atoms with Gasteiger partial charge >= 0.3 is 0 Å². The highest BCUT2D eigenvalue weighted by molar-refractivity contribution is 7.13. The highest BCUT2D eigenvalue weighted by Crippen LogP contribution is 2.31. The largest absolute Gasteiger partial charge is 0.378 e. The van der Waals surface area contributed by atoms with Gasteiger partial charge in [0.15, 0.2) is 0 Å². The fourth-order valence-electron chi connectivity index (χ4n) is 2.64. The Morgan fingerprint density at radius 1 is 1.23 bits per heavy atom. The first-order chi connectivity index (χ1) is 10.7. The molecule has 1 aliphatic rings. The monoisotopic (exact) mass is 309 g/mol. The molecule has 0 fully saturated rings. The number of nitrogens with zero attached hydrogens (tertiary/aromatic N) is 3. The van der Waals surface area contributed by atoms with Crippen LogP contribution in [0.15, 0.2) is 24.3 Å². The zero-order chi connectivity index (χ0) is 15.5. The highest BCUT2D eigenvalue weighted by Gasteiger charge is 2.17. The Kier molecular flexibility index (Phi) is 4.26. The molecular weight excluding hydrogens is 290 g/mol. The van der Waals surface area contributed by atoms with Crippen molar-refractivity contribution in [2.24, 2.45) is 0 Å². The van der Waals surface area contributed by atoms with Crippen LogP contribution in [0.2, 0.25) is 0 Å². The second kappa shape index (κ2) is 6.33. The Morgan fingerprint density at radius 3 is 2.59 bits per heavy atom. The number of allylic oxidation sites excluding steroid dienone is 1. The maximum Gasteiger partial charge on any atom is 0.134 e. The fourth-order valence-corrected chi connectivity index (χ4v) is 3.76. The Bertz CT molecular complexity index is 709. The number of hydrogen-bond acceptors (Lipinski definition) is 4. The molecule has 0 unspecified atom stereocenters. The molecule has 0 saturated carbocycles. The zero-order valence-corrected chi connectivity index (χ0v) is 13.8. The maximum atomic E-state index is 9.48. The SMILES string of the molecule is CN(C)c1ccc(C=C(C#N)c2nc3c(s2)CCCC3)cc1. The van der Waals surface area contributed by atoms with Crippen molar-refractivity contribution in [2.75, 3.05) is 19.0 Å². The van der Waals surface area contributed by atoms with E-state index in [-0.39, 0.29) is 0 Å². The van der Waals surface area contributed by atoms with Gasteiger partial charge in [-0.15, -0.1) is 11.3 Å². The van der Waals surface area contributed by atoms with Crippen molar-refractivity contribution < 1.29 is 0 Å². The summed E-state index contributed by atoms with van der Waals surface area (Å²) in [5.41, 5.74) is 4.06. The van der Waals surface area contributed by atoms with E-state index in [2.05, 4.69) is 28.1 Å². The molecule has 1 aromatic carbocycles. The van der Waals surface area contributed by atoms with Crippen LogP contribution in [0.5, 0.6) is 0 Å². The molecule has 0 bridgehead atoms. The molecule has 0 spiro atoms. The molecule has 0 saturated heterocycles. The number of fused-ring (bicyclic) bond motifs is 1. The molecule has 0 radical (unpaired) electrons. The van der Waals surface area contributed by atoms with E-state index in [1.54, 1.807) is 11.3 Å². The van der Waals surface area contributed by atoms with E-state index in [0.717, 1.165) is 29.1 Å². The average molecular weight is 309 g/mol. The Labute approximate surface area is 135 Å². The van der Waals surface area contributed by atoms with Crippen LogP contribution in [-0.2, 0) is 12.8 Å². The van der Waals surface area contributed by atoms with Crippen molar-refractivity contribution in [3.8, 4) is 6.07 Å². The smallest absolute Gasteiger partial charge is 0.134 e. The molecule has 0 aliphatic heterocycles. The lowest BCUT2D eigenvalue weighted by atomic mass is 10.0. The van der Waals surface area contributed by atoms with Crippen LogP contribution in [0.25, 0.3) is 11.6 Å². The molecule has 1 aliphatic carbocycles. The fraction of sp³-hybridized carbons (Fsp3) is 0.333. The molecule has 2 aromatic rings. The quantitative estimate of drug-likeness (QED) is 0.800. The lowest BCUT2D eigenvalue weighted by Gasteiger charge is -2.11. The first kappa shape index (κ1) is 14.8. The number of hydrogen-bond donors (Lipinski definition) is 0. The first-order valence-electron chi connectivity index (χ1n) is 7.55. The summed E-state index contributed by atoms with van der Waals surface area (Å²) in [7, 11) is 4.04. The Hall–Kier alpha value is -2.12. The number of anilines is 1. The lowest BCUT2D eigenvalue weighted by molar-refractivity contribution is 0.682. The van der Waals surface area contributed by atoms with E-state index in [1.165, 1.54) is 23.4 Å². The normalized spacial score (nSPS) is 14.3. The number of aromatic nitrogens is 1. The summed E-state index contributed by atoms with van der Waals surface area (Å²) in [6.45, 7) is 0. The highest BCUT2D eigenvalue weighted by atomic mass is 32.1. The van der Waals surface area contributed by atoms with Crippen molar-refractivity contribution in [1.29, 1.82) is 5.26 Å². The van der Waals surface area contributed by atoms with Crippen LogP contribution in [0, 0.1) is 11.3 Å². The molecule has 1 aromatic heterocycles. The second-order valence-electron chi connectivity index (χ2n) is 5.75. The van der Waals surface area contributed by atoms with E-state index >= 15 is 0 Å². The van der Waals surface area contributed by atoms with Gasteiger partial charge in [-0.2, -0.15) is 5.26 Å². The maximum absolute atomic E-state index is 9.48. The van der Waals surface area contributed by atoms with Crippen LogP contribution < -0.4 is 4.90 Å². The summed E-state index contributed by atoms with van der Waals surface area (Å²) >= 11 is 1.69. The van der Waals surface area contributed by atoms with Crippen molar-refractivity contribution in [3.63, 3.8) is 0 Å². The molecule has 3 nitrogen and oxygen atoms in total. The second-order valence-corrected chi connectivity index (χ2v) is 6.84. The third-order valence-electron chi connectivity index (χ3n) is 3.92. The Morgan fingerprint density at radius 2 is 1.95 bits per heavy atom. The van der Waals surface area contributed by atoms with Gasteiger partial charge in [0, 0.05) is 24.7 Å². The van der Waals surface area contributed by atoms with E-state index in [0.29, 0.717) is 5.57 Å². The van der Waals surface area contributed by atoms with Gasteiger partial charge in [-0.05, 0) is 49.5 Å². The minimum Gasteiger partial charge on any atom is -0.378 e. The summed E-state index contributed by atoms with van der Waals surface area (Å²) in [6, 6.07) is 10.5. The minimum absolute atomic E-state index is 0.664. The van der Waals surface area contributed by atoms with Crippen molar-refractivity contribution in [1.82, 2.24) is 4.98 Å². The summed E-state index contributed by atoms with van der Waals surface area (Å²) in [6.07, 6.45) is 6.56. The molecule has 0 N–H and O–H groups in total. The van der Waals surface area contributed by atoms with Crippen molar-refractivity contribution in [2.45, 2.75) is 25.7 Å². The summed E-state index contributed by atoms with van der Waals surface area (Å²) in [5, 5.41) is 10.4. The number of benzene rings is 1. The molecular formula is C18H19N3S. The van der Waals surface area contributed by atoms with Crippen LogP contribution in [0.1, 0.15) is 34.0 Å². The zero-order valence-electron chi connectivity index (χ0n) is 13.0. The van der Waals surface area contributed by atoms with Crippen LogP contribution >= 0.6 is 11.3 Å². The van der Waals surface area contributed by atoms with Crippen molar-refractivity contribution in [3.05, 3.63) is 45.4 Å². The van der Waals surface area contributed by atoms with Crippen molar-refractivity contribution >= 4 is 28.7 Å². The number of nitriles is 1. The molecule has 3 rings (SSSR count). The Balaban J connectivity index is 1.90. The average Bonchev–Trinajstić information content (AvgIpc) is 2.96. The summed E-state index contributed by atoms with van der Waals surface area (Å²) in [5.74, 6) is 0. The first-order valence-corrected chi connectivity index (χ1v) is 8.37. The number of aryl methyl sites for hydroxylation is 2. The minimum atomic E-state index is 0.664. The van der Waals surface area contributed by atoms with Gasteiger partial charge in [0.05, 0.1) is 11.3 Å². The predicted octanol–water partition coefficient (Wildman–Crippen LogP) is 4.15. The van der Waals surface area contributed by atoms with E-state index in [4.69, 9.17) is 0 Å². The van der Waals surface area contributed by atoms with Gasteiger partial charge in [-0.1, -0.05) is 12.1 Å². The van der Waals surface area contributed by atoms with Gasteiger partial charge in [-0.25, -0.2) is 4.98 Å². The van der Waals surface area contributed by atoms with Crippen LogP contribution in [-0.4, -0.2) is 19.1 Å². The van der Waals surface area contributed by atoms with E-state index in [9.17, 15) is 5.26 Å². The molecule has 22 heavy (non-hydrogen) atoms. The van der Waals surface area contributed by atoms with Gasteiger partial charge in [0.25, 0.3) is 0 Å². The van der Waals surface area contributed by atoms with Gasteiger partial charge in [0.2, 0.25) is 0 Å². The van der Waals surface area contributed by atoms with Crippen LogP contribution in [0.4, 0.5) is 5.69 Å². The molecule has 1 heterocycles. The molecule has 0 amide bonds. The number of rotatable bonds is 3. The number of thiazole rings is 1. The lowest BCUT2D eigenvalue weighted by Crippen LogP contribution is -2.07. The third kappa shape index (κ3) is 3.05. The van der Waals surface area contributed by atoms with Gasteiger partial charge in [-0.3, -0.25) is 0 Å². The summed E-state index contributed by atoms with van der Waals surface area (Å²) < 4.78 is 0. The molecule has 112 valence electrons. The molecule has 4 heteroatoms. The van der Waals surface area contributed by atoms with E-state index in [1.807, 2.05) is 32.3 Å². The van der Waals surface area contributed by atoms with Gasteiger partial charge in [0.1, 0.15) is 11.1 Å². The van der Waals surface area contributed by atoms with E-state index < -0.39 is 0 Å². The topological polar surface area (TPSA) is 39.9 Å². The van der Waals surface area contributed by atoms with Crippen LogP contribution in [0.3, 0.4) is 0 Å². The standard InChI is InChI=1S/C18H19N3S/c1-21(2)15-9-7-13(8-10-15)11-14(12-19)18-20-16-5-3-4-6-17(16)22-18/h7-11H,3-6H2,1-2H3. The third-order valence-corrected chi connectivity index (χ3v) is 5.11.